The van der Waals surface area contributed by atoms with Gasteiger partial charge in [-0.25, -0.2) is 4.98 Å². The van der Waals surface area contributed by atoms with Crippen LogP contribution in [0.5, 0.6) is 0 Å². The Morgan fingerprint density at radius 3 is 2.94 bits per heavy atom. The van der Waals surface area contributed by atoms with Gasteiger partial charge in [0.05, 0.1) is 6.33 Å². The second-order valence-corrected chi connectivity index (χ2v) is 6.37. The summed E-state index contributed by atoms with van der Waals surface area (Å²) in [5.74, 6) is 0.659. The Hall–Kier alpha value is -0.830. The second-order valence-electron chi connectivity index (χ2n) is 6.37. The first-order chi connectivity index (χ1) is 8.06. The fourth-order valence-electron chi connectivity index (χ4n) is 2.42. The van der Waals surface area contributed by atoms with Gasteiger partial charge in [-0.05, 0) is 31.2 Å². The molecule has 96 valence electrons. The summed E-state index contributed by atoms with van der Waals surface area (Å²) in [5.41, 5.74) is 1.81. The Balaban J connectivity index is 2.00. The minimum atomic E-state index is 0.395. The molecule has 0 saturated carbocycles. The highest BCUT2D eigenvalue weighted by Crippen LogP contribution is 2.25. The number of nitrogens with zero attached hydrogens (tertiary/aromatic N) is 2. The highest BCUT2D eigenvalue weighted by atomic mass is 15.1. The number of rotatable bonds is 3. The lowest BCUT2D eigenvalue weighted by atomic mass is 9.92. The Bertz CT molecular complexity index is 343. The van der Waals surface area contributed by atoms with Crippen LogP contribution in [0.15, 0.2) is 12.5 Å². The number of nitrogens with one attached hydrogen (secondary N) is 1. The molecular weight excluding hydrogens is 210 g/mol. The standard InChI is InChI=1S/C14H25N3/c1-14(2,3)6-8-17-11-16-10-13(17)12-5-4-7-15-9-12/h10-12,15H,4-9H2,1-3H3. The van der Waals surface area contributed by atoms with Crippen LogP contribution in [0.1, 0.15) is 51.6 Å². The van der Waals surface area contributed by atoms with Crippen molar-refractivity contribution in [3.05, 3.63) is 18.2 Å². The summed E-state index contributed by atoms with van der Waals surface area (Å²) in [7, 11) is 0. The molecule has 1 unspecified atom stereocenters. The van der Waals surface area contributed by atoms with Crippen LogP contribution in [0.4, 0.5) is 0 Å². The van der Waals surface area contributed by atoms with Crippen LogP contribution in [0.3, 0.4) is 0 Å². The Kier molecular flexibility index (Phi) is 3.87. The van der Waals surface area contributed by atoms with Crippen molar-refractivity contribution < 1.29 is 0 Å². The zero-order chi connectivity index (χ0) is 12.3. The van der Waals surface area contributed by atoms with Gasteiger partial charge < -0.3 is 9.88 Å². The van der Waals surface area contributed by atoms with Crippen molar-refractivity contribution in [1.29, 1.82) is 0 Å². The average Bonchev–Trinajstić information content (AvgIpc) is 2.75. The molecule has 1 aliphatic rings. The van der Waals surface area contributed by atoms with E-state index in [1.54, 1.807) is 0 Å². The molecule has 0 bridgehead atoms. The maximum atomic E-state index is 4.33. The van der Waals surface area contributed by atoms with Crippen molar-refractivity contribution in [2.45, 2.75) is 52.5 Å². The lowest BCUT2D eigenvalue weighted by molar-refractivity contribution is 0.342. The van der Waals surface area contributed by atoms with Gasteiger partial charge in [-0.1, -0.05) is 20.8 Å². The molecule has 1 aliphatic heterocycles. The summed E-state index contributed by atoms with van der Waals surface area (Å²) in [6, 6.07) is 0. The zero-order valence-corrected chi connectivity index (χ0v) is 11.4. The third kappa shape index (κ3) is 3.56. The highest BCUT2D eigenvalue weighted by molar-refractivity contribution is 5.08. The monoisotopic (exact) mass is 235 g/mol. The van der Waals surface area contributed by atoms with E-state index < -0.39 is 0 Å². The number of piperidine rings is 1. The van der Waals surface area contributed by atoms with Crippen LogP contribution < -0.4 is 5.32 Å². The van der Waals surface area contributed by atoms with E-state index in [4.69, 9.17) is 0 Å². The van der Waals surface area contributed by atoms with Crippen molar-refractivity contribution in [3.8, 4) is 0 Å². The van der Waals surface area contributed by atoms with Crippen LogP contribution in [0.2, 0.25) is 0 Å². The smallest absolute Gasteiger partial charge is 0.0948 e. The van der Waals surface area contributed by atoms with Gasteiger partial charge in [0.1, 0.15) is 0 Å². The predicted molar refractivity (Wildman–Crippen MR) is 71.1 cm³/mol. The average molecular weight is 235 g/mol. The van der Waals surface area contributed by atoms with Crippen LogP contribution in [-0.4, -0.2) is 22.6 Å². The van der Waals surface area contributed by atoms with Crippen molar-refractivity contribution in [2.75, 3.05) is 13.1 Å². The van der Waals surface area contributed by atoms with Gasteiger partial charge in [-0.2, -0.15) is 0 Å². The molecule has 0 radical (unpaired) electrons. The molecule has 3 nitrogen and oxygen atoms in total. The third-order valence-electron chi connectivity index (χ3n) is 3.56. The summed E-state index contributed by atoms with van der Waals surface area (Å²) in [6.45, 7) is 10.3. The SMILES string of the molecule is CC(C)(C)CCn1cncc1C1CCCNC1. The predicted octanol–water partition coefficient (Wildman–Crippen LogP) is 2.79. The zero-order valence-electron chi connectivity index (χ0n) is 11.4. The molecule has 0 spiro atoms. The van der Waals surface area contributed by atoms with Crippen molar-refractivity contribution in [2.24, 2.45) is 5.41 Å². The second kappa shape index (κ2) is 5.21. The van der Waals surface area contributed by atoms with E-state index in [1.165, 1.54) is 31.5 Å². The van der Waals surface area contributed by atoms with Crippen LogP contribution in [0, 0.1) is 5.41 Å². The molecule has 1 saturated heterocycles. The number of aromatic nitrogens is 2. The third-order valence-corrected chi connectivity index (χ3v) is 3.56. The molecule has 1 fully saturated rings. The van der Waals surface area contributed by atoms with Crippen LogP contribution in [0.25, 0.3) is 0 Å². The van der Waals surface area contributed by atoms with Gasteiger partial charge >= 0.3 is 0 Å². The van der Waals surface area contributed by atoms with Crippen molar-refractivity contribution in [1.82, 2.24) is 14.9 Å². The van der Waals surface area contributed by atoms with Gasteiger partial charge in [-0.3, -0.25) is 0 Å². The molecule has 2 rings (SSSR count). The molecule has 3 heteroatoms. The number of imidazole rings is 1. The molecule has 2 heterocycles. The number of aryl methyl sites for hydroxylation is 1. The van der Waals surface area contributed by atoms with E-state index in [1.807, 2.05) is 6.33 Å². The number of hydrogen-bond donors (Lipinski definition) is 1. The van der Waals surface area contributed by atoms with Crippen molar-refractivity contribution in [3.63, 3.8) is 0 Å². The molecule has 0 aliphatic carbocycles. The molecule has 1 aromatic heterocycles. The Labute approximate surface area is 105 Å². The van der Waals surface area contributed by atoms with E-state index in [0.29, 0.717) is 11.3 Å². The Morgan fingerprint density at radius 1 is 1.47 bits per heavy atom. The minimum Gasteiger partial charge on any atom is -0.334 e. The summed E-state index contributed by atoms with van der Waals surface area (Å²) in [4.78, 5) is 4.33. The van der Waals surface area contributed by atoms with Crippen LogP contribution >= 0.6 is 0 Å². The van der Waals surface area contributed by atoms with Crippen LogP contribution in [-0.2, 0) is 6.54 Å². The molecule has 0 amide bonds. The first-order valence-corrected chi connectivity index (χ1v) is 6.77. The van der Waals surface area contributed by atoms with Gasteiger partial charge in [0.2, 0.25) is 0 Å². The summed E-state index contributed by atoms with van der Waals surface area (Å²) in [6.07, 6.45) is 7.84. The van der Waals surface area contributed by atoms with Gasteiger partial charge in [-0.15, -0.1) is 0 Å². The molecule has 1 N–H and O–H groups in total. The lowest BCUT2D eigenvalue weighted by Gasteiger charge is -2.25. The summed E-state index contributed by atoms with van der Waals surface area (Å²) in [5, 5.41) is 3.48. The highest BCUT2D eigenvalue weighted by Gasteiger charge is 2.19. The van der Waals surface area contributed by atoms with Gasteiger partial charge in [0.25, 0.3) is 0 Å². The topological polar surface area (TPSA) is 29.9 Å². The quantitative estimate of drug-likeness (QED) is 0.873. The Morgan fingerprint density at radius 2 is 2.29 bits per heavy atom. The molecular formula is C14H25N3. The molecule has 1 aromatic rings. The summed E-state index contributed by atoms with van der Waals surface area (Å²) < 4.78 is 2.35. The van der Waals surface area contributed by atoms with E-state index >= 15 is 0 Å². The maximum absolute atomic E-state index is 4.33. The van der Waals surface area contributed by atoms with Gasteiger partial charge in [0.15, 0.2) is 0 Å². The largest absolute Gasteiger partial charge is 0.334 e. The van der Waals surface area contributed by atoms with Gasteiger partial charge in [0, 0.05) is 30.9 Å². The molecule has 1 atom stereocenters. The fraction of sp³-hybridized carbons (Fsp3) is 0.786. The first-order valence-electron chi connectivity index (χ1n) is 6.77. The van der Waals surface area contributed by atoms with E-state index in [2.05, 4.69) is 41.8 Å². The fourth-order valence-corrected chi connectivity index (χ4v) is 2.42. The van der Waals surface area contributed by atoms with E-state index in [-0.39, 0.29) is 0 Å². The van der Waals surface area contributed by atoms with E-state index in [9.17, 15) is 0 Å². The first kappa shape index (κ1) is 12.6. The molecule has 17 heavy (non-hydrogen) atoms. The normalized spacial score (nSPS) is 21.7. The number of hydrogen-bond acceptors (Lipinski definition) is 2. The maximum Gasteiger partial charge on any atom is 0.0948 e. The lowest BCUT2D eigenvalue weighted by Crippen LogP contribution is -2.29. The minimum absolute atomic E-state index is 0.395. The van der Waals surface area contributed by atoms with Crippen molar-refractivity contribution >= 4 is 0 Å². The van der Waals surface area contributed by atoms with E-state index in [0.717, 1.165) is 13.1 Å². The molecule has 0 aromatic carbocycles. The summed E-state index contributed by atoms with van der Waals surface area (Å²) >= 11 is 0.